The summed E-state index contributed by atoms with van der Waals surface area (Å²) in [5, 5.41) is 3.96. The molecule has 1 aromatic rings. The van der Waals surface area contributed by atoms with Gasteiger partial charge in [0.25, 0.3) is 0 Å². The molecule has 1 fully saturated rings. The van der Waals surface area contributed by atoms with Crippen LogP contribution in [-0.4, -0.2) is 36.5 Å². The molecule has 19 heavy (non-hydrogen) atoms. The molecule has 0 radical (unpaired) electrons. The summed E-state index contributed by atoms with van der Waals surface area (Å²) >= 11 is 1.60. The number of rotatable bonds is 4. The van der Waals surface area contributed by atoms with E-state index >= 15 is 0 Å². The summed E-state index contributed by atoms with van der Waals surface area (Å²) in [6.07, 6.45) is 2.12. The average molecular weight is 281 g/mol. The first kappa shape index (κ1) is 14.1. The molecule has 2 rings (SSSR count). The quantitative estimate of drug-likeness (QED) is 0.794. The van der Waals surface area contributed by atoms with E-state index in [9.17, 15) is 9.59 Å². The molecule has 4 nitrogen and oxygen atoms in total. The highest BCUT2D eigenvalue weighted by Gasteiger charge is 2.29. The van der Waals surface area contributed by atoms with Crippen molar-refractivity contribution in [1.29, 1.82) is 0 Å². The fraction of sp³-hybridized carbons (Fsp3) is 0.571. The molecular formula is C14H19NO3S. The van der Waals surface area contributed by atoms with Crippen LogP contribution in [0.15, 0.2) is 16.8 Å². The molecule has 0 aromatic carbocycles. The van der Waals surface area contributed by atoms with Crippen molar-refractivity contribution < 1.29 is 14.3 Å². The van der Waals surface area contributed by atoms with Crippen molar-refractivity contribution in [2.75, 3.05) is 19.7 Å². The van der Waals surface area contributed by atoms with Gasteiger partial charge in [0.1, 0.15) is 0 Å². The highest BCUT2D eigenvalue weighted by molar-refractivity contribution is 7.07. The number of amides is 1. The largest absolute Gasteiger partial charge is 0.466 e. The monoisotopic (exact) mass is 281 g/mol. The summed E-state index contributed by atoms with van der Waals surface area (Å²) in [4.78, 5) is 25.7. The van der Waals surface area contributed by atoms with E-state index in [-0.39, 0.29) is 17.8 Å². The van der Waals surface area contributed by atoms with Gasteiger partial charge in [-0.1, -0.05) is 0 Å². The van der Waals surface area contributed by atoms with Gasteiger partial charge < -0.3 is 9.64 Å². The summed E-state index contributed by atoms with van der Waals surface area (Å²) in [6.45, 7) is 3.46. The first-order valence-electron chi connectivity index (χ1n) is 6.66. The maximum atomic E-state index is 12.2. The van der Waals surface area contributed by atoms with E-state index in [1.165, 1.54) is 0 Å². The second-order valence-electron chi connectivity index (χ2n) is 4.74. The van der Waals surface area contributed by atoms with Crippen molar-refractivity contribution in [2.45, 2.75) is 26.2 Å². The van der Waals surface area contributed by atoms with Crippen LogP contribution in [0.2, 0.25) is 0 Å². The van der Waals surface area contributed by atoms with Crippen molar-refractivity contribution in [3.63, 3.8) is 0 Å². The van der Waals surface area contributed by atoms with Crippen molar-refractivity contribution in [2.24, 2.45) is 5.92 Å². The van der Waals surface area contributed by atoms with Crippen LogP contribution >= 0.6 is 11.3 Å². The normalized spacial score (nSPS) is 19.2. The van der Waals surface area contributed by atoms with Crippen LogP contribution in [0.1, 0.15) is 25.3 Å². The number of esters is 1. The first-order valence-corrected chi connectivity index (χ1v) is 7.60. The van der Waals surface area contributed by atoms with Gasteiger partial charge in [-0.25, -0.2) is 0 Å². The van der Waals surface area contributed by atoms with E-state index in [1.807, 2.05) is 16.8 Å². The van der Waals surface area contributed by atoms with Crippen LogP contribution in [0, 0.1) is 5.92 Å². The Balaban J connectivity index is 1.89. The maximum absolute atomic E-state index is 12.2. The van der Waals surface area contributed by atoms with Gasteiger partial charge in [-0.15, -0.1) is 0 Å². The predicted molar refractivity (Wildman–Crippen MR) is 74.0 cm³/mol. The van der Waals surface area contributed by atoms with Gasteiger partial charge in [0, 0.05) is 13.1 Å². The lowest BCUT2D eigenvalue weighted by molar-refractivity contribution is -0.151. The van der Waals surface area contributed by atoms with E-state index in [1.54, 1.807) is 23.2 Å². The molecule has 0 aliphatic carbocycles. The lowest BCUT2D eigenvalue weighted by Crippen LogP contribution is -2.43. The van der Waals surface area contributed by atoms with Gasteiger partial charge >= 0.3 is 5.97 Å². The molecule has 1 saturated heterocycles. The molecule has 0 spiro atoms. The minimum Gasteiger partial charge on any atom is -0.466 e. The second-order valence-corrected chi connectivity index (χ2v) is 5.52. The number of thiophene rings is 1. The first-order chi connectivity index (χ1) is 9.20. The van der Waals surface area contributed by atoms with Crippen molar-refractivity contribution >= 4 is 23.2 Å². The van der Waals surface area contributed by atoms with Gasteiger partial charge in [-0.2, -0.15) is 11.3 Å². The molecule has 1 aliphatic rings. The minimum atomic E-state index is -0.171. The molecule has 5 heteroatoms. The molecule has 104 valence electrons. The van der Waals surface area contributed by atoms with Crippen LogP contribution in [0.3, 0.4) is 0 Å². The van der Waals surface area contributed by atoms with Crippen molar-refractivity contribution in [3.8, 4) is 0 Å². The third-order valence-corrected chi connectivity index (χ3v) is 4.06. The maximum Gasteiger partial charge on any atom is 0.310 e. The Kier molecular flexibility index (Phi) is 4.96. The molecule has 1 aliphatic heterocycles. The summed E-state index contributed by atoms with van der Waals surface area (Å²) < 4.78 is 5.04. The zero-order valence-electron chi connectivity index (χ0n) is 11.1. The fourth-order valence-electron chi connectivity index (χ4n) is 2.34. The van der Waals surface area contributed by atoms with Gasteiger partial charge in [-0.3, -0.25) is 9.59 Å². The van der Waals surface area contributed by atoms with E-state index in [0.717, 1.165) is 24.9 Å². The molecule has 0 saturated carbocycles. The SMILES string of the molecule is CCOC(=O)C1CCCN(C(=O)Cc2ccsc2)C1. The predicted octanol–water partition coefficient (Wildman–Crippen LogP) is 2.09. The second kappa shape index (κ2) is 6.70. The molecule has 1 unspecified atom stereocenters. The van der Waals surface area contributed by atoms with Gasteiger partial charge in [-0.05, 0) is 42.2 Å². The van der Waals surface area contributed by atoms with E-state index in [2.05, 4.69) is 0 Å². The summed E-state index contributed by atoms with van der Waals surface area (Å²) in [6, 6.07) is 1.97. The van der Waals surface area contributed by atoms with Crippen LogP contribution in [0.4, 0.5) is 0 Å². The Hall–Kier alpha value is -1.36. The standard InChI is InChI=1S/C14H19NO3S/c1-2-18-14(17)12-4-3-6-15(9-12)13(16)8-11-5-7-19-10-11/h5,7,10,12H,2-4,6,8-9H2,1H3. The molecule has 1 amide bonds. The highest BCUT2D eigenvalue weighted by atomic mass is 32.1. The Labute approximate surface area is 117 Å². The Morgan fingerprint density at radius 3 is 3.05 bits per heavy atom. The number of carbonyl (C=O) groups is 2. The molecule has 0 N–H and O–H groups in total. The zero-order valence-corrected chi connectivity index (χ0v) is 11.9. The average Bonchev–Trinajstić information content (AvgIpc) is 2.92. The van der Waals surface area contributed by atoms with Crippen LogP contribution in [0.25, 0.3) is 0 Å². The van der Waals surface area contributed by atoms with Crippen LogP contribution in [0.5, 0.6) is 0 Å². The van der Waals surface area contributed by atoms with Crippen LogP contribution in [-0.2, 0) is 20.7 Å². The van der Waals surface area contributed by atoms with Crippen molar-refractivity contribution in [1.82, 2.24) is 4.90 Å². The van der Waals surface area contributed by atoms with Crippen LogP contribution < -0.4 is 0 Å². The highest BCUT2D eigenvalue weighted by Crippen LogP contribution is 2.19. The number of hydrogen-bond donors (Lipinski definition) is 0. The smallest absolute Gasteiger partial charge is 0.310 e. The fourth-order valence-corrected chi connectivity index (χ4v) is 3.00. The number of ether oxygens (including phenoxy) is 1. The molecule has 1 atom stereocenters. The summed E-state index contributed by atoms with van der Waals surface area (Å²) in [7, 11) is 0. The topological polar surface area (TPSA) is 46.6 Å². The third kappa shape index (κ3) is 3.80. The Morgan fingerprint density at radius 1 is 1.53 bits per heavy atom. The van der Waals surface area contributed by atoms with Gasteiger partial charge in [0.05, 0.1) is 18.9 Å². The number of likely N-dealkylation sites (tertiary alicyclic amines) is 1. The minimum absolute atomic E-state index is 0.104. The third-order valence-electron chi connectivity index (χ3n) is 3.33. The number of piperidine rings is 1. The van der Waals surface area contributed by atoms with E-state index in [4.69, 9.17) is 4.74 Å². The Morgan fingerprint density at radius 2 is 2.37 bits per heavy atom. The zero-order chi connectivity index (χ0) is 13.7. The lowest BCUT2D eigenvalue weighted by Gasteiger charge is -2.31. The molecule has 0 bridgehead atoms. The molecule has 2 heterocycles. The Bertz CT molecular complexity index is 430. The molecular weight excluding hydrogens is 262 g/mol. The van der Waals surface area contributed by atoms with E-state index in [0.29, 0.717) is 19.6 Å². The summed E-state index contributed by atoms with van der Waals surface area (Å²) in [5.74, 6) is -0.219. The number of nitrogens with zero attached hydrogens (tertiary/aromatic N) is 1. The molecule has 1 aromatic heterocycles. The van der Waals surface area contributed by atoms with Gasteiger partial charge in [0.2, 0.25) is 5.91 Å². The number of hydrogen-bond acceptors (Lipinski definition) is 4. The van der Waals surface area contributed by atoms with Crippen molar-refractivity contribution in [3.05, 3.63) is 22.4 Å². The van der Waals surface area contributed by atoms with E-state index < -0.39 is 0 Å². The number of carbonyl (C=O) groups excluding carboxylic acids is 2. The lowest BCUT2D eigenvalue weighted by atomic mass is 9.97. The van der Waals surface area contributed by atoms with Gasteiger partial charge in [0.15, 0.2) is 0 Å². The summed E-state index contributed by atoms with van der Waals surface area (Å²) in [5.41, 5.74) is 1.05.